The van der Waals surface area contributed by atoms with Crippen LogP contribution >= 0.6 is 0 Å². The van der Waals surface area contributed by atoms with Crippen LogP contribution in [-0.4, -0.2) is 109 Å². The maximum atomic E-state index is 13.0. The number of hydrogen-bond donors (Lipinski definition) is 1. The second-order valence-electron chi connectivity index (χ2n) is 9.54. The maximum absolute atomic E-state index is 13.0. The van der Waals surface area contributed by atoms with Crippen molar-refractivity contribution in [2.45, 2.75) is 33.4 Å². The summed E-state index contributed by atoms with van der Waals surface area (Å²) in [6.45, 7) is 14.9. The summed E-state index contributed by atoms with van der Waals surface area (Å²) in [7, 11) is 0. The van der Waals surface area contributed by atoms with Gasteiger partial charge in [0.1, 0.15) is 6.26 Å². The molecular weight excluding hydrogens is 446 g/mol. The van der Waals surface area contributed by atoms with Gasteiger partial charge in [0.05, 0.1) is 19.3 Å². The number of hydrogen-bond acceptors (Lipinski definition) is 8. The zero-order valence-electron chi connectivity index (χ0n) is 21.3. The number of aliphatic hydroxyl groups excluding tert-OH is 1. The molecule has 1 aromatic heterocycles. The molecule has 1 amide bonds. The highest BCUT2D eigenvalue weighted by atomic mass is 16.5. The Morgan fingerprint density at radius 3 is 2.37 bits per heavy atom. The van der Waals surface area contributed by atoms with Gasteiger partial charge in [0.25, 0.3) is 5.91 Å². The number of piperazine rings is 2. The van der Waals surface area contributed by atoms with Crippen LogP contribution in [0.5, 0.6) is 0 Å². The van der Waals surface area contributed by atoms with Crippen molar-refractivity contribution in [3.05, 3.63) is 47.2 Å². The number of ether oxygens (including phenoxy) is 1. The van der Waals surface area contributed by atoms with Crippen LogP contribution in [0.2, 0.25) is 0 Å². The monoisotopic (exact) mass is 485 g/mol. The van der Waals surface area contributed by atoms with Crippen molar-refractivity contribution in [2.24, 2.45) is 0 Å². The number of carbonyl (C=O) groups excluding carboxylic acids is 1. The van der Waals surface area contributed by atoms with Crippen molar-refractivity contribution in [1.82, 2.24) is 19.7 Å². The number of para-hydroxylation sites is 1. The number of aromatic nitrogens is 1. The predicted molar refractivity (Wildman–Crippen MR) is 135 cm³/mol. The molecule has 2 aromatic rings. The fourth-order valence-electron chi connectivity index (χ4n) is 5.01. The Morgan fingerprint density at radius 1 is 1.06 bits per heavy atom. The number of amides is 1. The number of benzene rings is 1. The Bertz CT molecular complexity index is 944. The molecular formula is C26H39N5O4. The van der Waals surface area contributed by atoms with Crippen LogP contribution in [0.1, 0.15) is 34.4 Å². The molecule has 0 radical (unpaired) electrons. The van der Waals surface area contributed by atoms with Gasteiger partial charge in [-0.05, 0) is 31.9 Å². The number of anilines is 1. The largest absolute Gasteiger partial charge is 0.447 e. The third-order valence-corrected chi connectivity index (χ3v) is 6.90. The van der Waals surface area contributed by atoms with Crippen LogP contribution in [0.15, 0.2) is 28.9 Å². The molecule has 2 fully saturated rings. The second kappa shape index (κ2) is 12.0. The molecule has 1 N–H and O–H groups in total. The molecule has 35 heavy (non-hydrogen) atoms. The Kier molecular flexibility index (Phi) is 8.78. The standard InChI is InChI=1S/C26H39N5O4/c1-4-34-18-22(32)16-28-8-10-29(11-9-28)17-24-27-23(19-35-24)26(33)31-14-12-30(13-15-31)25-20(2)6-5-7-21(25)3/h5-7,19,22,32H,4,8-18H2,1-3H3. The zero-order valence-corrected chi connectivity index (χ0v) is 21.3. The molecule has 2 saturated heterocycles. The molecule has 4 rings (SSSR count). The lowest BCUT2D eigenvalue weighted by Gasteiger charge is -2.37. The summed E-state index contributed by atoms with van der Waals surface area (Å²) in [5.74, 6) is 0.515. The molecule has 9 nitrogen and oxygen atoms in total. The van der Waals surface area contributed by atoms with Gasteiger partial charge in [0.2, 0.25) is 5.89 Å². The van der Waals surface area contributed by atoms with Crippen molar-refractivity contribution in [3.8, 4) is 0 Å². The smallest absolute Gasteiger partial charge is 0.275 e. The average Bonchev–Trinajstić information content (AvgIpc) is 3.32. The van der Waals surface area contributed by atoms with E-state index in [1.54, 1.807) is 0 Å². The highest BCUT2D eigenvalue weighted by molar-refractivity contribution is 5.92. The van der Waals surface area contributed by atoms with Gasteiger partial charge < -0.3 is 24.1 Å². The van der Waals surface area contributed by atoms with Gasteiger partial charge in [-0.1, -0.05) is 18.2 Å². The van der Waals surface area contributed by atoms with E-state index in [0.29, 0.717) is 51.0 Å². The van der Waals surface area contributed by atoms with Crippen LogP contribution in [0.4, 0.5) is 5.69 Å². The lowest BCUT2D eigenvalue weighted by atomic mass is 10.1. The van der Waals surface area contributed by atoms with Crippen LogP contribution in [0, 0.1) is 13.8 Å². The molecule has 1 unspecified atom stereocenters. The minimum atomic E-state index is -0.454. The molecule has 2 aliphatic heterocycles. The number of β-amino-alcohol motifs (C(OH)–C–C–N with tert-alkyl or cyclic N) is 1. The molecule has 9 heteroatoms. The van der Waals surface area contributed by atoms with Crippen LogP contribution in [0.25, 0.3) is 0 Å². The molecule has 0 bridgehead atoms. The normalized spacial score (nSPS) is 18.7. The quantitative estimate of drug-likeness (QED) is 0.575. The molecule has 1 aromatic carbocycles. The van der Waals surface area contributed by atoms with Crippen molar-refractivity contribution in [1.29, 1.82) is 0 Å². The lowest BCUT2D eigenvalue weighted by Crippen LogP contribution is -2.49. The lowest BCUT2D eigenvalue weighted by molar-refractivity contribution is 0.00948. The topological polar surface area (TPSA) is 85.5 Å². The predicted octanol–water partition coefficient (Wildman–Crippen LogP) is 1.77. The zero-order chi connectivity index (χ0) is 24.8. The van der Waals surface area contributed by atoms with Crippen molar-refractivity contribution < 1.29 is 19.1 Å². The van der Waals surface area contributed by atoms with E-state index < -0.39 is 6.10 Å². The summed E-state index contributed by atoms with van der Waals surface area (Å²) >= 11 is 0. The van der Waals surface area contributed by atoms with Crippen molar-refractivity contribution in [3.63, 3.8) is 0 Å². The van der Waals surface area contributed by atoms with Gasteiger partial charge in [0, 0.05) is 71.2 Å². The van der Waals surface area contributed by atoms with Crippen molar-refractivity contribution in [2.75, 3.05) is 77.0 Å². The first kappa shape index (κ1) is 25.6. The summed E-state index contributed by atoms with van der Waals surface area (Å²) < 4.78 is 11.0. The van der Waals surface area contributed by atoms with Gasteiger partial charge in [-0.25, -0.2) is 4.98 Å². The molecule has 0 spiro atoms. The van der Waals surface area contributed by atoms with Gasteiger partial charge in [-0.2, -0.15) is 0 Å². The second-order valence-corrected chi connectivity index (χ2v) is 9.54. The van der Waals surface area contributed by atoms with Crippen molar-refractivity contribution >= 4 is 11.6 Å². The van der Waals surface area contributed by atoms with Gasteiger partial charge >= 0.3 is 0 Å². The summed E-state index contributed by atoms with van der Waals surface area (Å²) in [5.41, 5.74) is 4.22. The highest BCUT2D eigenvalue weighted by Gasteiger charge is 2.26. The minimum absolute atomic E-state index is 0.0609. The number of aryl methyl sites for hydroxylation is 2. The maximum Gasteiger partial charge on any atom is 0.275 e. The van der Waals surface area contributed by atoms with E-state index in [1.165, 1.54) is 23.1 Å². The van der Waals surface area contributed by atoms with E-state index >= 15 is 0 Å². The fraction of sp³-hybridized carbons (Fsp3) is 0.615. The Balaban J connectivity index is 1.23. The number of rotatable bonds is 9. The summed E-state index contributed by atoms with van der Waals surface area (Å²) in [6, 6.07) is 6.37. The number of carbonyl (C=O) groups is 1. The summed E-state index contributed by atoms with van der Waals surface area (Å²) in [4.78, 5) is 26.3. The molecule has 2 aliphatic rings. The number of nitrogens with zero attached hydrogens (tertiary/aromatic N) is 5. The van der Waals surface area contributed by atoms with E-state index in [4.69, 9.17) is 9.15 Å². The first-order chi connectivity index (χ1) is 16.9. The van der Waals surface area contributed by atoms with E-state index in [9.17, 15) is 9.90 Å². The third kappa shape index (κ3) is 6.61. The Hall–Kier alpha value is -2.46. The first-order valence-electron chi connectivity index (χ1n) is 12.7. The Morgan fingerprint density at radius 2 is 1.71 bits per heavy atom. The molecule has 0 saturated carbocycles. The first-order valence-corrected chi connectivity index (χ1v) is 12.7. The number of oxazole rings is 1. The van der Waals surface area contributed by atoms with Gasteiger partial charge in [-0.3, -0.25) is 14.6 Å². The average molecular weight is 486 g/mol. The van der Waals surface area contributed by atoms with E-state index in [0.717, 1.165) is 39.3 Å². The summed E-state index contributed by atoms with van der Waals surface area (Å²) in [5, 5.41) is 10.0. The molecule has 3 heterocycles. The SMILES string of the molecule is CCOCC(O)CN1CCN(Cc2nc(C(=O)N3CCN(c4c(C)cccc4C)CC3)co2)CC1. The number of aliphatic hydroxyl groups is 1. The Labute approximate surface area is 208 Å². The fourth-order valence-corrected chi connectivity index (χ4v) is 5.01. The van der Waals surface area contributed by atoms with Gasteiger partial charge in [0.15, 0.2) is 5.69 Å². The highest BCUT2D eigenvalue weighted by Crippen LogP contribution is 2.26. The van der Waals surface area contributed by atoms with Crippen LogP contribution in [0.3, 0.4) is 0 Å². The summed E-state index contributed by atoms with van der Waals surface area (Å²) in [6.07, 6.45) is 1.04. The molecule has 1 atom stereocenters. The molecule has 192 valence electrons. The molecule has 0 aliphatic carbocycles. The van der Waals surface area contributed by atoms with Crippen LogP contribution in [-0.2, 0) is 11.3 Å². The van der Waals surface area contributed by atoms with E-state index in [-0.39, 0.29) is 5.91 Å². The third-order valence-electron chi connectivity index (χ3n) is 6.90. The van der Waals surface area contributed by atoms with Crippen LogP contribution < -0.4 is 4.90 Å². The van der Waals surface area contributed by atoms with E-state index in [1.807, 2.05) is 11.8 Å². The van der Waals surface area contributed by atoms with Gasteiger partial charge in [-0.15, -0.1) is 0 Å². The van der Waals surface area contributed by atoms with E-state index in [2.05, 4.69) is 51.7 Å². The minimum Gasteiger partial charge on any atom is -0.447 e.